The van der Waals surface area contributed by atoms with Gasteiger partial charge in [0, 0.05) is 19.5 Å². The minimum Gasteiger partial charge on any atom is -0.491 e. The molecular weight excluding hydrogens is 200 g/mol. The zero-order valence-electron chi connectivity index (χ0n) is 9.48. The van der Waals surface area contributed by atoms with Gasteiger partial charge in [0.25, 0.3) is 0 Å². The Kier molecular flexibility index (Phi) is 2.48. The molecule has 1 fully saturated rings. The second-order valence-corrected chi connectivity index (χ2v) is 4.70. The first-order chi connectivity index (χ1) is 7.88. The molecule has 1 aromatic rings. The summed E-state index contributed by atoms with van der Waals surface area (Å²) in [5, 5.41) is 0. The molecule has 1 unspecified atom stereocenters. The summed E-state index contributed by atoms with van der Waals surface area (Å²) in [6.45, 7) is 3.82. The minimum atomic E-state index is 0.650. The van der Waals surface area contributed by atoms with Crippen molar-refractivity contribution < 1.29 is 4.74 Å². The third-order valence-electron chi connectivity index (χ3n) is 3.65. The molecule has 0 aliphatic carbocycles. The Labute approximate surface area is 96.2 Å². The summed E-state index contributed by atoms with van der Waals surface area (Å²) in [7, 11) is 0. The van der Waals surface area contributed by atoms with Crippen LogP contribution in [-0.2, 0) is 6.42 Å². The molecule has 2 aliphatic rings. The Balaban J connectivity index is 1.87. The van der Waals surface area contributed by atoms with E-state index < -0.39 is 0 Å². The Hall–Kier alpha value is -1.22. The second kappa shape index (κ2) is 3.98. The maximum atomic E-state index is 5.74. The number of anilines is 1. The van der Waals surface area contributed by atoms with Crippen molar-refractivity contribution in [2.24, 2.45) is 11.7 Å². The highest BCUT2D eigenvalue weighted by molar-refractivity contribution is 5.63. The molecule has 3 rings (SSSR count). The van der Waals surface area contributed by atoms with Crippen LogP contribution in [0.5, 0.6) is 5.75 Å². The summed E-state index contributed by atoms with van der Waals surface area (Å²) < 4.78 is 5.74. The molecule has 2 N–H and O–H groups in total. The molecule has 2 heterocycles. The molecule has 1 aromatic carbocycles. The van der Waals surface area contributed by atoms with E-state index in [1.807, 2.05) is 0 Å². The van der Waals surface area contributed by atoms with Crippen LogP contribution in [0.2, 0.25) is 0 Å². The van der Waals surface area contributed by atoms with Crippen LogP contribution < -0.4 is 15.4 Å². The molecule has 3 nitrogen and oxygen atoms in total. The van der Waals surface area contributed by atoms with Crippen LogP contribution in [-0.4, -0.2) is 26.2 Å². The van der Waals surface area contributed by atoms with E-state index in [0.29, 0.717) is 5.92 Å². The van der Waals surface area contributed by atoms with Gasteiger partial charge in [-0.2, -0.15) is 0 Å². The fourth-order valence-corrected chi connectivity index (χ4v) is 2.69. The quantitative estimate of drug-likeness (QED) is 0.815. The fraction of sp³-hybridized carbons (Fsp3) is 0.538. The van der Waals surface area contributed by atoms with Crippen LogP contribution in [0.3, 0.4) is 0 Å². The lowest BCUT2D eigenvalue weighted by molar-refractivity contribution is 0.357. The first-order valence-electron chi connectivity index (χ1n) is 6.08. The lowest BCUT2D eigenvalue weighted by Crippen LogP contribution is -2.22. The van der Waals surface area contributed by atoms with Gasteiger partial charge >= 0.3 is 0 Å². The number of hydrogen-bond donors (Lipinski definition) is 1. The molecule has 86 valence electrons. The number of para-hydroxylation sites is 1. The van der Waals surface area contributed by atoms with Crippen molar-refractivity contribution in [3.8, 4) is 5.75 Å². The van der Waals surface area contributed by atoms with Crippen LogP contribution >= 0.6 is 0 Å². The standard InChI is InChI=1S/C13H18N2O/c14-8-10-4-6-15(9-10)12-3-1-2-11-5-7-16-13(11)12/h1-3,10H,4-9,14H2. The lowest BCUT2D eigenvalue weighted by Gasteiger charge is -2.21. The maximum absolute atomic E-state index is 5.74. The largest absolute Gasteiger partial charge is 0.491 e. The first-order valence-corrected chi connectivity index (χ1v) is 6.08. The molecule has 0 bridgehead atoms. The average Bonchev–Trinajstić information content (AvgIpc) is 2.97. The van der Waals surface area contributed by atoms with Gasteiger partial charge in [-0.3, -0.25) is 0 Å². The first kappa shape index (κ1) is 9.97. The lowest BCUT2D eigenvalue weighted by atomic mass is 10.1. The number of ether oxygens (including phenoxy) is 1. The molecule has 1 saturated heterocycles. The zero-order chi connectivity index (χ0) is 11.0. The summed E-state index contributed by atoms with van der Waals surface area (Å²) in [6.07, 6.45) is 2.26. The summed E-state index contributed by atoms with van der Waals surface area (Å²) in [6, 6.07) is 6.48. The minimum absolute atomic E-state index is 0.650. The van der Waals surface area contributed by atoms with E-state index in [4.69, 9.17) is 10.5 Å². The van der Waals surface area contributed by atoms with Gasteiger partial charge in [-0.25, -0.2) is 0 Å². The van der Waals surface area contributed by atoms with E-state index in [0.717, 1.165) is 38.4 Å². The number of nitrogens with zero attached hydrogens (tertiary/aromatic N) is 1. The van der Waals surface area contributed by atoms with Gasteiger partial charge in [0.1, 0.15) is 5.75 Å². The normalized spacial score (nSPS) is 23.3. The van der Waals surface area contributed by atoms with Gasteiger partial charge in [-0.05, 0) is 30.5 Å². The van der Waals surface area contributed by atoms with Crippen LogP contribution in [0.15, 0.2) is 18.2 Å². The van der Waals surface area contributed by atoms with Gasteiger partial charge in [0.2, 0.25) is 0 Å². The topological polar surface area (TPSA) is 38.5 Å². The third-order valence-corrected chi connectivity index (χ3v) is 3.65. The summed E-state index contributed by atoms with van der Waals surface area (Å²) in [5.41, 5.74) is 8.35. The van der Waals surface area contributed by atoms with E-state index >= 15 is 0 Å². The Morgan fingerprint density at radius 1 is 1.44 bits per heavy atom. The second-order valence-electron chi connectivity index (χ2n) is 4.70. The summed E-state index contributed by atoms with van der Waals surface area (Å²) >= 11 is 0. The molecular formula is C13H18N2O. The van der Waals surface area contributed by atoms with Crippen molar-refractivity contribution in [2.75, 3.05) is 31.1 Å². The fourth-order valence-electron chi connectivity index (χ4n) is 2.69. The van der Waals surface area contributed by atoms with Gasteiger partial charge in [-0.1, -0.05) is 12.1 Å². The highest BCUT2D eigenvalue weighted by atomic mass is 16.5. The van der Waals surface area contributed by atoms with Crippen LogP contribution in [0.1, 0.15) is 12.0 Å². The van der Waals surface area contributed by atoms with Crippen molar-refractivity contribution in [2.45, 2.75) is 12.8 Å². The van der Waals surface area contributed by atoms with Crippen molar-refractivity contribution in [3.05, 3.63) is 23.8 Å². The Morgan fingerprint density at radius 2 is 2.38 bits per heavy atom. The zero-order valence-corrected chi connectivity index (χ0v) is 9.48. The molecule has 0 amide bonds. The smallest absolute Gasteiger partial charge is 0.145 e. The van der Waals surface area contributed by atoms with Crippen LogP contribution in [0.4, 0.5) is 5.69 Å². The number of fused-ring (bicyclic) bond motifs is 1. The van der Waals surface area contributed by atoms with Crippen LogP contribution in [0, 0.1) is 5.92 Å². The van der Waals surface area contributed by atoms with Crippen LogP contribution in [0.25, 0.3) is 0 Å². The van der Waals surface area contributed by atoms with Crippen molar-refractivity contribution in [1.29, 1.82) is 0 Å². The van der Waals surface area contributed by atoms with E-state index in [2.05, 4.69) is 23.1 Å². The Morgan fingerprint density at radius 3 is 3.19 bits per heavy atom. The molecule has 16 heavy (non-hydrogen) atoms. The Bertz CT molecular complexity index is 392. The van der Waals surface area contributed by atoms with E-state index in [-0.39, 0.29) is 0 Å². The number of nitrogens with two attached hydrogens (primary N) is 1. The highest BCUT2D eigenvalue weighted by Gasteiger charge is 2.26. The van der Waals surface area contributed by atoms with Crippen molar-refractivity contribution in [3.63, 3.8) is 0 Å². The molecule has 1 atom stereocenters. The average molecular weight is 218 g/mol. The SMILES string of the molecule is NCC1CCN(c2cccc3c2OCC3)C1. The van der Waals surface area contributed by atoms with Gasteiger partial charge in [-0.15, -0.1) is 0 Å². The molecule has 0 radical (unpaired) electrons. The van der Waals surface area contributed by atoms with Crippen molar-refractivity contribution in [1.82, 2.24) is 0 Å². The number of benzene rings is 1. The monoisotopic (exact) mass is 218 g/mol. The van der Waals surface area contributed by atoms with E-state index in [1.54, 1.807) is 0 Å². The third kappa shape index (κ3) is 1.55. The number of hydrogen-bond acceptors (Lipinski definition) is 3. The highest BCUT2D eigenvalue weighted by Crippen LogP contribution is 2.38. The predicted molar refractivity (Wildman–Crippen MR) is 65.0 cm³/mol. The predicted octanol–water partition coefficient (Wildman–Crippen LogP) is 1.41. The molecule has 0 spiro atoms. The van der Waals surface area contributed by atoms with E-state index in [9.17, 15) is 0 Å². The number of rotatable bonds is 2. The molecule has 0 aromatic heterocycles. The van der Waals surface area contributed by atoms with Gasteiger partial charge < -0.3 is 15.4 Å². The molecule has 0 saturated carbocycles. The summed E-state index contributed by atoms with van der Waals surface area (Å²) in [4.78, 5) is 2.42. The van der Waals surface area contributed by atoms with E-state index in [1.165, 1.54) is 17.7 Å². The van der Waals surface area contributed by atoms with Gasteiger partial charge in [0.05, 0.1) is 12.3 Å². The summed E-state index contributed by atoms with van der Waals surface area (Å²) in [5.74, 6) is 1.76. The molecule has 3 heteroatoms. The van der Waals surface area contributed by atoms with Crippen molar-refractivity contribution >= 4 is 5.69 Å². The molecule has 2 aliphatic heterocycles. The maximum Gasteiger partial charge on any atom is 0.145 e. The van der Waals surface area contributed by atoms with Gasteiger partial charge in [0.15, 0.2) is 0 Å².